The lowest BCUT2D eigenvalue weighted by Crippen LogP contribution is -2.20. The van der Waals surface area contributed by atoms with Crippen LogP contribution in [0.2, 0.25) is 0 Å². The summed E-state index contributed by atoms with van der Waals surface area (Å²) in [6.07, 6.45) is 4.69. The van der Waals surface area contributed by atoms with E-state index in [4.69, 9.17) is 4.74 Å². The highest BCUT2D eigenvalue weighted by atomic mass is 16.5. The van der Waals surface area contributed by atoms with Gasteiger partial charge in [-0.2, -0.15) is 0 Å². The van der Waals surface area contributed by atoms with Gasteiger partial charge in [-0.15, -0.1) is 0 Å². The van der Waals surface area contributed by atoms with Gasteiger partial charge in [0.15, 0.2) is 0 Å². The molecule has 1 rings (SSSR count). The minimum Gasteiger partial charge on any atom is -0.494 e. The fraction of sp³-hybridized carbons (Fsp3) is 0.667. The monoisotopic (exact) mass is 277 g/mol. The van der Waals surface area contributed by atoms with Crippen LogP contribution in [0.4, 0.5) is 0 Å². The lowest BCUT2D eigenvalue weighted by atomic mass is 9.82. The highest BCUT2D eigenvalue weighted by Gasteiger charge is 2.17. The van der Waals surface area contributed by atoms with Gasteiger partial charge in [-0.3, -0.25) is 0 Å². The Bertz CT molecular complexity index is 370. The van der Waals surface area contributed by atoms with Crippen LogP contribution in [0.5, 0.6) is 5.75 Å². The van der Waals surface area contributed by atoms with E-state index in [9.17, 15) is 0 Å². The van der Waals surface area contributed by atoms with Crippen molar-refractivity contribution in [3.63, 3.8) is 0 Å². The first-order valence-electron chi connectivity index (χ1n) is 7.90. The molecule has 0 aliphatic carbocycles. The van der Waals surface area contributed by atoms with Crippen molar-refractivity contribution in [3.05, 3.63) is 29.8 Å². The van der Waals surface area contributed by atoms with Crippen LogP contribution in [0.15, 0.2) is 24.3 Å². The summed E-state index contributed by atoms with van der Waals surface area (Å²) < 4.78 is 5.80. The predicted octanol–water partition coefficient (Wildman–Crippen LogP) is 4.53. The van der Waals surface area contributed by atoms with Gasteiger partial charge in [0.05, 0.1) is 6.61 Å². The van der Waals surface area contributed by atoms with E-state index in [1.807, 2.05) is 7.05 Å². The molecule has 20 heavy (non-hydrogen) atoms. The standard InChI is InChI=1S/C18H31NO/c1-6-18(3,4)16-10-12-17(13-11-16)20-14-8-7-9-15(2)19-5/h10-13,15,19H,6-9,14H2,1-5H3. The van der Waals surface area contributed by atoms with Crippen molar-refractivity contribution in [2.75, 3.05) is 13.7 Å². The number of rotatable bonds is 9. The van der Waals surface area contributed by atoms with E-state index < -0.39 is 0 Å². The van der Waals surface area contributed by atoms with Crippen molar-refractivity contribution in [2.24, 2.45) is 0 Å². The zero-order valence-electron chi connectivity index (χ0n) is 13.8. The van der Waals surface area contributed by atoms with Gasteiger partial charge >= 0.3 is 0 Å². The van der Waals surface area contributed by atoms with E-state index >= 15 is 0 Å². The molecule has 0 aliphatic rings. The molecule has 0 spiro atoms. The molecule has 0 saturated carbocycles. The minimum atomic E-state index is 0.252. The van der Waals surface area contributed by atoms with E-state index in [1.54, 1.807) is 0 Å². The molecule has 0 heterocycles. The second kappa shape index (κ2) is 8.31. The summed E-state index contributed by atoms with van der Waals surface area (Å²) in [5.74, 6) is 0.988. The number of ether oxygens (including phenoxy) is 1. The topological polar surface area (TPSA) is 21.3 Å². The molecule has 1 N–H and O–H groups in total. The molecule has 0 aliphatic heterocycles. The molecule has 0 aromatic heterocycles. The summed E-state index contributed by atoms with van der Waals surface area (Å²) in [6, 6.07) is 9.20. The highest BCUT2D eigenvalue weighted by Crippen LogP contribution is 2.28. The van der Waals surface area contributed by atoms with Crippen molar-refractivity contribution >= 4 is 0 Å². The van der Waals surface area contributed by atoms with E-state index in [1.165, 1.54) is 18.4 Å². The third kappa shape index (κ3) is 5.54. The molecule has 2 nitrogen and oxygen atoms in total. The van der Waals surface area contributed by atoms with Crippen LogP contribution in [0.25, 0.3) is 0 Å². The van der Waals surface area contributed by atoms with Crippen molar-refractivity contribution in [1.82, 2.24) is 5.32 Å². The normalized spacial score (nSPS) is 13.2. The molecule has 0 saturated heterocycles. The molecule has 1 aromatic carbocycles. The lowest BCUT2D eigenvalue weighted by Gasteiger charge is -2.23. The van der Waals surface area contributed by atoms with Crippen LogP contribution in [0.1, 0.15) is 58.9 Å². The third-order valence-electron chi connectivity index (χ3n) is 4.31. The summed E-state index contributed by atoms with van der Waals surface area (Å²) in [7, 11) is 2.01. The minimum absolute atomic E-state index is 0.252. The van der Waals surface area contributed by atoms with E-state index in [-0.39, 0.29) is 5.41 Å². The van der Waals surface area contributed by atoms with Crippen LogP contribution in [-0.4, -0.2) is 19.7 Å². The Morgan fingerprint density at radius 2 is 1.80 bits per heavy atom. The summed E-state index contributed by atoms with van der Waals surface area (Å²) in [4.78, 5) is 0. The molecule has 2 heteroatoms. The Morgan fingerprint density at radius 1 is 1.15 bits per heavy atom. The number of hydrogen-bond acceptors (Lipinski definition) is 2. The first-order chi connectivity index (χ1) is 9.49. The number of benzene rings is 1. The maximum absolute atomic E-state index is 5.80. The molecular formula is C18H31NO. The average molecular weight is 277 g/mol. The van der Waals surface area contributed by atoms with E-state index in [0.29, 0.717) is 6.04 Å². The number of nitrogens with one attached hydrogen (secondary N) is 1. The van der Waals surface area contributed by atoms with Gasteiger partial charge in [-0.1, -0.05) is 32.9 Å². The van der Waals surface area contributed by atoms with Crippen molar-refractivity contribution < 1.29 is 4.74 Å². The Hall–Kier alpha value is -1.02. The SMILES string of the molecule is CCC(C)(C)c1ccc(OCCCCC(C)NC)cc1. The van der Waals surface area contributed by atoms with Crippen LogP contribution in [-0.2, 0) is 5.41 Å². The third-order valence-corrected chi connectivity index (χ3v) is 4.31. The Kier molecular flexibility index (Phi) is 7.08. The summed E-state index contributed by atoms with van der Waals surface area (Å²) in [5, 5.41) is 3.26. The van der Waals surface area contributed by atoms with Gasteiger partial charge in [-0.25, -0.2) is 0 Å². The van der Waals surface area contributed by atoms with Gasteiger partial charge < -0.3 is 10.1 Å². The highest BCUT2D eigenvalue weighted by molar-refractivity contribution is 5.31. The smallest absolute Gasteiger partial charge is 0.119 e. The van der Waals surface area contributed by atoms with E-state index in [2.05, 4.69) is 57.3 Å². The van der Waals surface area contributed by atoms with Crippen LogP contribution >= 0.6 is 0 Å². The average Bonchev–Trinajstić information content (AvgIpc) is 2.47. The van der Waals surface area contributed by atoms with Gasteiger partial charge in [0.25, 0.3) is 0 Å². The Balaban J connectivity index is 2.32. The fourth-order valence-corrected chi connectivity index (χ4v) is 2.09. The molecule has 0 radical (unpaired) electrons. The number of hydrogen-bond donors (Lipinski definition) is 1. The second-order valence-electron chi connectivity index (χ2n) is 6.30. The fourth-order valence-electron chi connectivity index (χ4n) is 2.09. The van der Waals surface area contributed by atoms with Gasteiger partial charge in [0.2, 0.25) is 0 Å². The van der Waals surface area contributed by atoms with Crippen molar-refractivity contribution in [2.45, 2.75) is 64.8 Å². The summed E-state index contributed by atoms with van der Waals surface area (Å²) in [6.45, 7) is 9.83. The van der Waals surface area contributed by atoms with Crippen molar-refractivity contribution in [3.8, 4) is 5.75 Å². The molecule has 1 aromatic rings. The maximum Gasteiger partial charge on any atom is 0.119 e. The molecule has 114 valence electrons. The molecule has 0 amide bonds. The number of unbranched alkanes of at least 4 members (excludes halogenated alkanes) is 1. The predicted molar refractivity (Wildman–Crippen MR) is 87.6 cm³/mol. The first kappa shape index (κ1) is 17.0. The Morgan fingerprint density at radius 3 is 2.35 bits per heavy atom. The zero-order valence-corrected chi connectivity index (χ0v) is 13.8. The van der Waals surface area contributed by atoms with E-state index in [0.717, 1.165) is 25.2 Å². The molecule has 0 fully saturated rings. The van der Waals surface area contributed by atoms with Gasteiger partial charge in [0, 0.05) is 6.04 Å². The van der Waals surface area contributed by atoms with Gasteiger partial charge in [0.1, 0.15) is 5.75 Å². The second-order valence-corrected chi connectivity index (χ2v) is 6.30. The van der Waals surface area contributed by atoms with Crippen LogP contribution in [0.3, 0.4) is 0 Å². The molecule has 1 unspecified atom stereocenters. The Labute approximate surface area is 124 Å². The first-order valence-corrected chi connectivity index (χ1v) is 7.90. The maximum atomic E-state index is 5.80. The zero-order chi connectivity index (χ0) is 15.0. The molecular weight excluding hydrogens is 246 g/mol. The van der Waals surface area contributed by atoms with Crippen molar-refractivity contribution in [1.29, 1.82) is 0 Å². The molecule has 0 bridgehead atoms. The van der Waals surface area contributed by atoms with Gasteiger partial charge in [-0.05, 0) is 62.8 Å². The quantitative estimate of drug-likeness (QED) is 0.670. The van der Waals surface area contributed by atoms with Crippen LogP contribution in [0, 0.1) is 0 Å². The molecule has 1 atom stereocenters. The lowest BCUT2D eigenvalue weighted by molar-refractivity contribution is 0.302. The largest absolute Gasteiger partial charge is 0.494 e. The van der Waals surface area contributed by atoms with Crippen LogP contribution < -0.4 is 10.1 Å². The summed E-state index contributed by atoms with van der Waals surface area (Å²) in [5.41, 5.74) is 1.64. The summed E-state index contributed by atoms with van der Waals surface area (Å²) >= 11 is 0.